The fraction of sp³-hybridized carbons (Fsp3) is 0.409. The normalized spacial score (nSPS) is 18.5. The summed E-state index contributed by atoms with van der Waals surface area (Å²) < 4.78 is 6.13. The molecule has 1 aliphatic rings. The van der Waals surface area contributed by atoms with E-state index in [0.717, 1.165) is 24.0 Å². The van der Waals surface area contributed by atoms with E-state index in [1.165, 1.54) is 0 Å². The number of rotatable bonds is 4. The van der Waals surface area contributed by atoms with Crippen molar-refractivity contribution < 1.29 is 9.84 Å². The molecule has 0 amide bonds. The maximum absolute atomic E-state index is 10.5. The van der Waals surface area contributed by atoms with Gasteiger partial charge < -0.3 is 15.2 Å². The Balaban J connectivity index is 1.50. The first kappa shape index (κ1) is 19.4. The second kappa shape index (κ2) is 7.15. The van der Waals surface area contributed by atoms with E-state index in [4.69, 9.17) is 4.74 Å². The Bertz CT molecular complexity index is 965. The van der Waals surface area contributed by atoms with Crippen LogP contribution in [-0.4, -0.2) is 42.5 Å². The fourth-order valence-electron chi connectivity index (χ4n) is 4.34. The van der Waals surface area contributed by atoms with Crippen LogP contribution in [0.5, 0.6) is 11.6 Å². The van der Waals surface area contributed by atoms with Gasteiger partial charge in [-0.15, -0.1) is 0 Å². The van der Waals surface area contributed by atoms with Gasteiger partial charge in [0.05, 0.1) is 24.3 Å². The number of aromatic hydroxyl groups is 1. The molecule has 1 aromatic carbocycles. The number of phenols is 1. The average molecular weight is 393 g/mol. The van der Waals surface area contributed by atoms with Crippen LogP contribution in [0.25, 0.3) is 22.4 Å². The van der Waals surface area contributed by atoms with Crippen molar-refractivity contribution in [2.75, 3.05) is 0 Å². The summed E-state index contributed by atoms with van der Waals surface area (Å²) in [6.07, 6.45) is 8.63. The lowest BCUT2D eigenvalue weighted by Gasteiger charge is -2.46. The Kier molecular flexibility index (Phi) is 4.78. The number of nitrogens with one attached hydrogen (secondary N) is 2. The van der Waals surface area contributed by atoms with Crippen LogP contribution in [0.15, 0.2) is 43.0 Å². The minimum Gasteiger partial charge on any atom is -0.507 e. The summed E-state index contributed by atoms with van der Waals surface area (Å²) >= 11 is 0. The molecule has 1 saturated heterocycles. The monoisotopic (exact) mass is 393 g/mol. The standard InChI is InChI=1S/C22H27N5O2/c1-21(2)8-16(9-22(3,4)27-21)29-20-13-23-18(12-24-20)17-6-5-14(7-19(17)28)15-10-25-26-11-15/h5-7,10-13,16,27-28H,8-9H2,1-4H3,(H,25,26). The van der Waals surface area contributed by atoms with Crippen molar-refractivity contribution in [2.45, 2.75) is 57.7 Å². The van der Waals surface area contributed by atoms with Crippen LogP contribution < -0.4 is 10.1 Å². The van der Waals surface area contributed by atoms with Gasteiger partial charge in [0.15, 0.2) is 0 Å². The second-order valence-corrected chi connectivity index (χ2v) is 9.00. The second-order valence-electron chi connectivity index (χ2n) is 9.00. The number of H-pyrrole nitrogens is 1. The molecule has 3 heterocycles. The first-order valence-electron chi connectivity index (χ1n) is 9.81. The van der Waals surface area contributed by atoms with Gasteiger partial charge in [-0.05, 0) is 45.4 Å². The zero-order valence-electron chi connectivity index (χ0n) is 17.2. The molecule has 1 fully saturated rings. The zero-order valence-corrected chi connectivity index (χ0v) is 17.2. The molecular formula is C22H27N5O2. The highest BCUT2D eigenvalue weighted by atomic mass is 16.5. The summed E-state index contributed by atoms with van der Waals surface area (Å²) in [7, 11) is 0. The Labute approximate surface area is 170 Å². The highest BCUT2D eigenvalue weighted by molar-refractivity contribution is 5.73. The molecule has 0 atom stereocenters. The number of aromatic nitrogens is 4. The van der Waals surface area contributed by atoms with E-state index in [1.807, 2.05) is 12.1 Å². The Morgan fingerprint density at radius 2 is 1.76 bits per heavy atom. The molecular weight excluding hydrogens is 366 g/mol. The third-order valence-electron chi connectivity index (χ3n) is 5.17. The maximum atomic E-state index is 10.5. The van der Waals surface area contributed by atoms with Gasteiger partial charge in [0.2, 0.25) is 5.88 Å². The van der Waals surface area contributed by atoms with E-state index in [1.54, 1.807) is 30.9 Å². The van der Waals surface area contributed by atoms with E-state index in [0.29, 0.717) is 17.1 Å². The van der Waals surface area contributed by atoms with Crippen molar-refractivity contribution in [3.8, 4) is 34.0 Å². The Morgan fingerprint density at radius 1 is 1.00 bits per heavy atom. The van der Waals surface area contributed by atoms with Crippen LogP contribution in [0.4, 0.5) is 0 Å². The Morgan fingerprint density at radius 3 is 2.34 bits per heavy atom. The number of hydrogen-bond donors (Lipinski definition) is 3. The predicted octanol–water partition coefficient (Wildman–Crippen LogP) is 3.93. The summed E-state index contributed by atoms with van der Waals surface area (Å²) in [5.41, 5.74) is 3.02. The number of ether oxygens (including phenoxy) is 1. The van der Waals surface area contributed by atoms with Gasteiger partial charge in [0.25, 0.3) is 0 Å². The molecule has 0 saturated carbocycles. The van der Waals surface area contributed by atoms with E-state index < -0.39 is 0 Å². The summed E-state index contributed by atoms with van der Waals surface area (Å²) in [6.45, 7) is 8.76. The smallest absolute Gasteiger partial charge is 0.232 e. The molecule has 3 aromatic rings. The molecule has 0 spiro atoms. The largest absolute Gasteiger partial charge is 0.507 e. The average Bonchev–Trinajstić information content (AvgIpc) is 3.14. The SMILES string of the molecule is CC1(C)CC(Oc2cnc(-c3ccc(-c4cn[nH]c4)cc3O)cn2)CC(C)(C)N1. The lowest BCUT2D eigenvalue weighted by Crippen LogP contribution is -2.60. The van der Waals surface area contributed by atoms with Gasteiger partial charge in [-0.2, -0.15) is 5.10 Å². The van der Waals surface area contributed by atoms with Gasteiger partial charge >= 0.3 is 0 Å². The lowest BCUT2D eigenvalue weighted by molar-refractivity contribution is 0.0527. The van der Waals surface area contributed by atoms with E-state index in [9.17, 15) is 5.11 Å². The quantitative estimate of drug-likeness (QED) is 0.622. The van der Waals surface area contributed by atoms with Crippen molar-refractivity contribution in [1.29, 1.82) is 0 Å². The minimum absolute atomic E-state index is 0.00229. The van der Waals surface area contributed by atoms with E-state index in [-0.39, 0.29) is 22.9 Å². The zero-order chi connectivity index (χ0) is 20.6. The van der Waals surface area contributed by atoms with Gasteiger partial charge in [0.1, 0.15) is 11.9 Å². The van der Waals surface area contributed by atoms with Gasteiger partial charge in [-0.3, -0.25) is 5.10 Å². The summed E-state index contributed by atoms with van der Waals surface area (Å²) in [6, 6.07) is 5.46. The van der Waals surface area contributed by atoms with Crippen LogP contribution in [0.3, 0.4) is 0 Å². The summed E-state index contributed by atoms with van der Waals surface area (Å²) in [4.78, 5) is 8.89. The van der Waals surface area contributed by atoms with Crippen molar-refractivity contribution >= 4 is 0 Å². The van der Waals surface area contributed by atoms with Crippen molar-refractivity contribution in [2.24, 2.45) is 0 Å². The van der Waals surface area contributed by atoms with Gasteiger partial charge in [-0.25, -0.2) is 9.97 Å². The first-order valence-corrected chi connectivity index (χ1v) is 9.81. The molecule has 7 heteroatoms. The fourth-order valence-corrected chi connectivity index (χ4v) is 4.34. The molecule has 0 bridgehead atoms. The molecule has 0 radical (unpaired) electrons. The topological polar surface area (TPSA) is 96.0 Å². The van der Waals surface area contributed by atoms with Crippen LogP contribution in [0.1, 0.15) is 40.5 Å². The van der Waals surface area contributed by atoms with Crippen LogP contribution >= 0.6 is 0 Å². The molecule has 4 rings (SSSR count). The highest BCUT2D eigenvalue weighted by Crippen LogP contribution is 2.33. The molecule has 3 N–H and O–H groups in total. The van der Waals surface area contributed by atoms with E-state index in [2.05, 4.69) is 53.2 Å². The number of benzene rings is 1. The third-order valence-corrected chi connectivity index (χ3v) is 5.17. The number of aromatic amines is 1. The minimum atomic E-state index is 0.00229. The summed E-state index contributed by atoms with van der Waals surface area (Å²) in [5.74, 6) is 0.648. The Hall–Kier alpha value is -2.93. The van der Waals surface area contributed by atoms with Crippen molar-refractivity contribution in [3.63, 3.8) is 0 Å². The molecule has 1 aliphatic heterocycles. The molecule has 7 nitrogen and oxygen atoms in total. The summed E-state index contributed by atoms with van der Waals surface area (Å²) in [5, 5.41) is 20.8. The number of hydrogen-bond acceptors (Lipinski definition) is 6. The lowest BCUT2D eigenvalue weighted by atomic mass is 9.81. The molecule has 2 aromatic heterocycles. The van der Waals surface area contributed by atoms with Crippen molar-refractivity contribution in [3.05, 3.63) is 43.0 Å². The first-order chi connectivity index (χ1) is 13.7. The maximum Gasteiger partial charge on any atom is 0.232 e. The van der Waals surface area contributed by atoms with Crippen LogP contribution in [-0.2, 0) is 0 Å². The number of phenolic OH excluding ortho intramolecular Hbond substituents is 1. The van der Waals surface area contributed by atoms with Crippen LogP contribution in [0.2, 0.25) is 0 Å². The predicted molar refractivity (Wildman–Crippen MR) is 112 cm³/mol. The number of nitrogens with zero attached hydrogens (tertiary/aromatic N) is 3. The van der Waals surface area contributed by atoms with E-state index >= 15 is 0 Å². The number of piperidine rings is 1. The molecule has 152 valence electrons. The molecule has 0 unspecified atom stereocenters. The van der Waals surface area contributed by atoms with Crippen LogP contribution in [0, 0.1) is 0 Å². The van der Waals surface area contributed by atoms with Gasteiger partial charge in [0, 0.05) is 41.2 Å². The molecule has 0 aliphatic carbocycles. The molecule has 29 heavy (non-hydrogen) atoms. The highest BCUT2D eigenvalue weighted by Gasteiger charge is 2.38. The third kappa shape index (κ3) is 4.40. The van der Waals surface area contributed by atoms with Gasteiger partial charge in [-0.1, -0.05) is 6.07 Å². The van der Waals surface area contributed by atoms with Crippen molar-refractivity contribution in [1.82, 2.24) is 25.5 Å².